The summed E-state index contributed by atoms with van der Waals surface area (Å²) in [5.74, 6) is 0.681. The minimum absolute atomic E-state index is 0.0954. The molecule has 0 saturated heterocycles. The number of aromatic amines is 1. The molecule has 84 valence electrons. The molecule has 2 rings (SSSR count). The molecule has 0 radical (unpaired) electrons. The fourth-order valence-electron chi connectivity index (χ4n) is 1.47. The molecule has 4 heteroatoms. The van der Waals surface area contributed by atoms with Crippen molar-refractivity contribution in [2.24, 2.45) is 0 Å². The Morgan fingerprint density at radius 1 is 1.44 bits per heavy atom. The van der Waals surface area contributed by atoms with Crippen molar-refractivity contribution in [3.05, 3.63) is 40.8 Å². The Bertz CT molecular complexity index is 550. The van der Waals surface area contributed by atoms with Gasteiger partial charge in [-0.15, -0.1) is 0 Å². The monoisotopic (exact) mass is 237 g/mol. The summed E-state index contributed by atoms with van der Waals surface area (Å²) >= 11 is 5.89. The largest absolute Gasteiger partial charge is 0.475 e. The second kappa shape index (κ2) is 4.58. The van der Waals surface area contributed by atoms with Crippen LogP contribution in [-0.4, -0.2) is 10.5 Å². The standard InChI is InChI=1S/C12H12ClNO2/c1-2-11(13)16-9-3-4-10-8(7-9)5-6-14-12(10)15/h3-7,11H,2H2,1H3,(H,14,15). The number of H-pyrrole nitrogens is 1. The summed E-state index contributed by atoms with van der Waals surface area (Å²) in [5, 5.41) is 1.50. The van der Waals surface area contributed by atoms with E-state index < -0.39 is 0 Å². The minimum atomic E-state index is -0.334. The molecule has 0 aliphatic carbocycles. The smallest absolute Gasteiger partial charge is 0.255 e. The molecule has 0 aliphatic rings. The van der Waals surface area contributed by atoms with E-state index in [1.165, 1.54) is 0 Å². The lowest BCUT2D eigenvalue weighted by Crippen LogP contribution is -2.07. The summed E-state index contributed by atoms with van der Waals surface area (Å²) < 4.78 is 5.46. The van der Waals surface area contributed by atoms with E-state index in [9.17, 15) is 4.79 Å². The van der Waals surface area contributed by atoms with Gasteiger partial charge in [-0.2, -0.15) is 0 Å². The third-order valence-corrected chi connectivity index (χ3v) is 2.73. The molecule has 0 aliphatic heterocycles. The van der Waals surface area contributed by atoms with Crippen LogP contribution in [0.15, 0.2) is 35.3 Å². The first-order valence-corrected chi connectivity index (χ1v) is 5.56. The van der Waals surface area contributed by atoms with Gasteiger partial charge in [0.25, 0.3) is 5.56 Å². The highest BCUT2D eigenvalue weighted by molar-refractivity contribution is 6.19. The minimum Gasteiger partial charge on any atom is -0.475 e. The molecule has 0 amide bonds. The summed E-state index contributed by atoms with van der Waals surface area (Å²) in [7, 11) is 0. The van der Waals surface area contributed by atoms with Crippen LogP contribution in [-0.2, 0) is 0 Å². The Kier molecular flexibility index (Phi) is 3.15. The summed E-state index contributed by atoms with van der Waals surface area (Å²) in [6.07, 6.45) is 2.35. The van der Waals surface area contributed by atoms with Crippen LogP contribution >= 0.6 is 11.6 Å². The maximum absolute atomic E-state index is 11.4. The van der Waals surface area contributed by atoms with Crippen LogP contribution in [0.2, 0.25) is 0 Å². The molecule has 0 spiro atoms. The van der Waals surface area contributed by atoms with Crippen LogP contribution in [0.5, 0.6) is 5.75 Å². The average molecular weight is 238 g/mol. The maximum Gasteiger partial charge on any atom is 0.255 e. The number of hydrogen-bond donors (Lipinski definition) is 1. The van der Waals surface area contributed by atoms with Gasteiger partial charge in [-0.25, -0.2) is 0 Å². The topological polar surface area (TPSA) is 42.1 Å². The molecule has 2 aromatic rings. The van der Waals surface area contributed by atoms with Gasteiger partial charge in [-0.1, -0.05) is 18.5 Å². The zero-order valence-corrected chi connectivity index (χ0v) is 9.62. The number of fused-ring (bicyclic) bond motifs is 1. The molecular weight excluding hydrogens is 226 g/mol. The molecule has 3 nitrogen and oxygen atoms in total. The number of pyridine rings is 1. The van der Waals surface area contributed by atoms with Gasteiger partial charge in [0.15, 0.2) is 5.56 Å². The van der Waals surface area contributed by atoms with Gasteiger partial charge in [0.05, 0.1) is 0 Å². The number of alkyl halides is 1. The number of hydrogen-bond acceptors (Lipinski definition) is 2. The number of rotatable bonds is 3. The lowest BCUT2D eigenvalue weighted by Gasteiger charge is -2.10. The highest BCUT2D eigenvalue weighted by Gasteiger charge is 2.04. The van der Waals surface area contributed by atoms with Gasteiger partial charge in [0.1, 0.15) is 5.75 Å². The summed E-state index contributed by atoms with van der Waals surface area (Å²) in [5.41, 5.74) is -0.429. The fourth-order valence-corrected chi connectivity index (χ4v) is 1.58. The Morgan fingerprint density at radius 3 is 3.00 bits per heavy atom. The SMILES string of the molecule is CCC(Cl)Oc1ccc2c(=O)[nH]ccc2c1. The molecule has 1 unspecified atom stereocenters. The lowest BCUT2D eigenvalue weighted by molar-refractivity contribution is 0.277. The molecule has 1 N–H and O–H groups in total. The summed E-state index contributed by atoms with van der Waals surface area (Å²) in [4.78, 5) is 14.1. The molecule has 0 saturated carbocycles. The zero-order valence-electron chi connectivity index (χ0n) is 8.87. The summed E-state index contributed by atoms with van der Waals surface area (Å²) in [6.45, 7) is 1.95. The molecule has 0 bridgehead atoms. The van der Waals surface area contributed by atoms with Crippen molar-refractivity contribution in [1.29, 1.82) is 0 Å². The molecule has 16 heavy (non-hydrogen) atoms. The lowest BCUT2D eigenvalue weighted by atomic mass is 10.2. The van der Waals surface area contributed by atoms with Crippen LogP contribution in [0.1, 0.15) is 13.3 Å². The first-order valence-electron chi connectivity index (χ1n) is 5.13. The molecule has 0 fully saturated rings. The third-order valence-electron chi connectivity index (χ3n) is 2.33. The Morgan fingerprint density at radius 2 is 2.25 bits per heavy atom. The molecular formula is C12H12ClNO2. The third kappa shape index (κ3) is 2.19. The first kappa shape index (κ1) is 11.0. The number of halogens is 1. The van der Waals surface area contributed by atoms with E-state index in [4.69, 9.17) is 16.3 Å². The Labute approximate surface area is 98.0 Å². The van der Waals surface area contributed by atoms with Crippen molar-refractivity contribution in [1.82, 2.24) is 4.98 Å². The van der Waals surface area contributed by atoms with E-state index in [0.717, 1.165) is 11.8 Å². The van der Waals surface area contributed by atoms with Crippen molar-refractivity contribution in [2.75, 3.05) is 0 Å². The highest BCUT2D eigenvalue weighted by atomic mass is 35.5. The molecule has 1 aromatic heterocycles. The second-order valence-corrected chi connectivity index (χ2v) is 3.98. The zero-order chi connectivity index (χ0) is 11.5. The van der Waals surface area contributed by atoms with Crippen LogP contribution in [0.3, 0.4) is 0 Å². The number of aromatic nitrogens is 1. The van der Waals surface area contributed by atoms with Crippen molar-refractivity contribution in [3.8, 4) is 5.75 Å². The van der Waals surface area contributed by atoms with E-state index in [1.807, 2.05) is 19.1 Å². The van der Waals surface area contributed by atoms with Crippen LogP contribution in [0, 0.1) is 0 Å². The Hall–Kier alpha value is -1.48. The maximum atomic E-state index is 11.4. The highest BCUT2D eigenvalue weighted by Crippen LogP contribution is 2.20. The predicted octanol–water partition coefficient (Wildman–Crippen LogP) is 2.88. The molecule has 1 heterocycles. The van der Waals surface area contributed by atoms with Crippen LogP contribution in [0.4, 0.5) is 0 Å². The van der Waals surface area contributed by atoms with E-state index in [1.54, 1.807) is 18.3 Å². The van der Waals surface area contributed by atoms with Gasteiger partial charge in [0.2, 0.25) is 0 Å². The van der Waals surface area contributed by atoms with Crippen LogP contribution in [0.25, 0.3) is 10.8 Å². The van der Waals surface area contributed by atoms with Gasteiger partial charge in [-0.3, -0.25) is 4.79 Å². The van der Waals surface area contributed by atoms with E-state index in [0.29, 0.717) is 11.1 Å². The first-order chi connectivity index (χ1) is 7.70. The van der Waals surface area contributed by atoms with E-state index in [-0.39, 0.29) is 11.1 Å². The second-order valence-electron chi connectivity index (χ2n) is 3.49. The summed E-state index contributed by atoms with van der Waals surface area (Å²) in [6, 6.07) is 7.14. The Balaban J connectivity index is 2.41. The van der Waals surface area contributed by atoms with Gasteiger partial charge >= 0.3 is 0 Å². The number of nitrogens with one attached hydrogen (secondary N) is 1. The molecule has 1 atom stereocenters. The van der Waals surface area contributed by atoms with Crippen molar-refractivity contribution in [3.63, 3.8) is 0 Å². The molecule has 1 aromatic carbocycles. The van der Waals surface area contributed by atoms with Crippen molar-refractivity contribution in [2.45, 2.75) is 18.9 Å². The average Bonchev–Trinajstić information content (AvgIpc) is 2.29. The number of ether oxygens (including phenoxy) is 1. The van der Waals surface area contributed by atoms with E-state index >= 15 is 0 Å². The van der Waals surface area contributed by atoms with Gasteiger partial charge < -0.3 is 9.72 Å². The van der Waals surface area contributed by atoms with Crippen molar-refractivity contribution < 1.29 is 4.74 Å². The predicted molar refractivity (Wildman–Crippen MR) is 65.1 cm³/mol. The number of benzene rings is 1. The van der Waals surface area contributed by atoms with Crippen molar-refractivity contribution >= 4 is 22.4 Å². The van der Waals surface area contributed by atoms with Crippen LogP contribution < -0.4 is 10.3 Å². The van der Waals surface area contributed by atoms with E-state index in [2.05, 4.69) is 4.98 Å². The normalized spacial score (nSPS) is 12.6. The fraction of sp³-hybridized carbons (Fsp3) is 0.250. The van der Waals surface area contributed by atoms with Gasteiger partial charge in [0, 0.05) is 11.6 Å². The van der Waals surface area contributed by atoms with Gasteiger partial charge in [-0.05, 0) is 36.1 Å². The quantitative estimate of drug-likeness (QED) is 0.834.